The summed E-state index contributed by atoms with van der Waals surface area (Å²) in [7, 11) is 0. The Morgan fingerprint density at radius 2 is 1.95 bits per heavy atom. The van der Waals surface area contributed by atoms with Crippen LogP contribution in [-0.2, 0) is 4.79 Å². The molecule has 0 fully saturated rings. The van der Waals surface area contributed by atoms with Crippen LogP contribution in [0.25, 0.3) is 0 Å². The van der Waals surface area contributed by atoms with E-state index in [1.54, 1.807) is 11.8 Å². The predicted octanol–water partition coefficient (Wildman–Crippen LogP) is 1.52. The number of nitrogens with one attached hydrogen (secondary N) is 1. The maximum absolute atomic E-state index is 13.5. The molecule has 1 aromatic carbocycles. The largest absolute Gasteiger partial charge is 0.508 e. The fourth-order valence-corrected chi connectivity index (χ4v) is 1.83. The minimum absolute atomic E-state index is 0.206. The molecule has 0 saturated heterocycles. The highest BCUT2D eigenvalue weighted by Crippen LogP contribution is 2.15. The summed E-state index contributed by atoms with van der Waals surface area (Å²) in [5.41, 5.74) is -0.206. The van der Waals surface area contributed by atoms with Crippen molar-refractivity contribution >= 4 is 11.8 Å². The Kier molecular flexibility index (Phi) is 5.49. The van der Waals surface area contributed by atoms with Crippen molar-refractivity contribution in [1.29, 1.82) is 0 Å². The Labute approximate surface area is 117 Å². The van der Waals surface area contributed by atoms with Crippen molar-refractivity contribution < 1.29 is 19.1 Å². The van der Waals surface area contributed by atoms with Gasteiger partial charge in [0.1, 0.15) is 17.6 Å². The summed E-state index contributed by atoms with van der Waals surface area (Å²) in [6.07, 6.45) is 0. The lowest BCUT2D eigenvalue weighted by Crippen LogP contribution is -2.47. The van der Waals surface area contributed by atoms with Crippen LogP contribution in [0.1, 0.15) is 31.1 Å². The first-order valence-corrected chi connectivity index (χ1v) is 6.48. The van der Waals surface area contributed by atoms with Crippen molar-refractivity contribution in [3.8, 4) is 5.75 Å². The third-order valence-electron chi connectivity index (χ3n) is 2.99. The van der Waals surface area contributed by atoms with E-state index < -0.39 is 17.8 Å². The first kappa shape index (κ1) is 15.9. The van der Waals surface area contributed by atoms with Crippen LogP contribution in [0.5, 0.6) is 5.75 Å². The van der Waals surface area contributed by atoms with Crippen LogP contribution in [0.3, 0.4) is 0 Å². The number of nitrogens with zero attached hydrogens (tertiary/aromatic N) is 1. The van der Waals surface area contributed by atoms with Gasteiger partial charge in [-0.2, -0.15) is 0 Å². The highest BCUT2D eigenvalue weighted by Gasteiger charge is 2.21. The quantitative estimate of drug-likeness (QED) is 0.860. The van der Waals surface area contributed by atoms with Crippen molar-refractivity contribution in [1.82, 2.24) is 10.2 Å². The standard InChI is InChI=1S/C14H19FN2O3/c1-4-17(5-2)14(20)9(3)16-13(19)11-7-6-10(18)8-12(11)15/h6-9,18H,4-5H2,1-3H3,(H,16,19). The van der Waals surface area contributed by atoms with E-state index in [-0.39, 0.29) is 17.2 Å². The summed E-state index contributed by atoms with van der Waals surface area (Å²) in [4.78, 5) is 25.5. The molecule has 2 N–H and O–H groups in total. The average molecular weight is 282 g/mol. The lowest BCUT2D eigenvalue weighted by molar-refractivity contribution is -0.132. The number of benzene rings is 1. The van der Waals surface area contributed by atoms with Crippen molar-refractivity contribution in [3.05, 3.63) is 29.6 Å². The molecule has 0 heterocycles. The van der Waals surface area contributed by atoms with E-state index in [0.717, 1.165) is 6.07 Å². The molecule has 0 bridgehead atoms. The number of carbonyl (C=O) groups is 2. The summed E-state index contributed by atoms with van der Waals surface area (Å²) in [5, 5.41) is 11.5. The van der Waals surface area contributed by atoms with Crippen LogP contribution >= 0.6 is 0 Å². The molecule has 1 aromatic rings. The molecule has 1 atom stereocenters. The second kappa shape index (κ2) is 6.88. The Hall–Kier alpha value is -2.11. The van der Waals surface area contributed by atoms with Gasteiger partial charge >= 0.3 is 0 Å². The van der Waals surface area contributed by atoms with Gasteiger partial charge in [-0.1, -0.05) is 0 Å². The number of hydrogen-bond donors (Lipinski definition) is 2. The van der Waals surface area contributed by atoms with Gasteiger partial charge in [0.05, 0.1) is 5.56 Å². The van der Waals surface area contributed by atoms with Crippen LogP contribution < -0.4 is 5.32 Å². The van der Waals surface area contributed by atoms with Gasteiger partial charge in [0.15, 0.2) is 0 Å². The lowest BCUT2D eigenvalue weighted by Gasteiger charge is -2.23. The molecule has 2 amide bonds. The topological polar surface area (TPSA) is 69.6 Å². The van der Waals surface area contributed by atoms with Gasteiger partial charge in [0.2, 0.25) is 5.91 Å². The second-order valence-corrected chi connectivity index (χ2v) is 4.37. The normalized spacial score (nSPS) is 11.8. The number of phenolic OH excluding ortho intramolecular Hbond substituents is 1. The van der Waals surface area contributed by atoms with Crippen LogP contribution in [0, 0.1) is 5.82 Å². The molecule has 6 heteroatoms. The number of carbonyl (C=O) groups excluding carboxylic acids is 2. The Morgan fingerprint density at radius 1 is 1.35 bits per heavy atom. The molecule has 0 aliphatic heterocycles. The van der Waals surface area contributed by atoms with Gasteiger partial charge in [0.25, 0.3) is 5.91 Å². The van der Waals surface area contributed by atoms with E-state index in [9.17, 15) is 14.0 Å². The molecule has 1 rings (SSSR count). The fraction of sp³-hybridized carbons (Fsp3) is 0.429. The van der Waals surface area contributed by atoms with Gasteiger partial charge in [-0.25, -0.2) is 4.39 Å². The minimum Gasteiger partial charge on any atom is -0.508 e. The van der Waals surface area contributed by atoms with E-state index in [4.69, 9.17) is 5.11 Å². The molecular formula is C14H19FN2O3. The van der Waals surface area contributed by atoms with Crippen molar-refractivity contribution in [2.24, 2.45) is 0 Å². The first-order chi connectivity index (χ1) is 9.40. The number of rotatable bonds is 5. The van der Waals surface area contributed by atoms with Gasteiger partial charge < -0.3 is 15.3 Å². The lowest BCUT2D eigenvalue weighted by atomic mass is 10.1. The number of amides is 2. The van der Waals surface area contributed by atoms with Gasteiger partial charge in [-0.05, 0) is 32.9 Å². The maximum atomic E-state index is 13.5. The van der Waals surface area contributed by atoms with E-state index in [0.29, 0.717) is 13.1 Å². The van der Waals surface area contributed by atoms with E-state index in [2.05, 4.69) is 5.32 Å². The number of phenols is 1. The van der Waals surface area contributed by atoms with Crippen molar-refractivity contribution in [3.63, 3.8) is 0 Å². The zero-order chi connectivity index (χ0) is 15.3. The summed E-state index contributed by atoms with van der Waals surface area (Å²) in [5.74, 6) is -1.99. The highest BCUT2D eigenvalue weighted by molar-refractivity contribution is 5.97. The number of hydrogen-bond acceptors (Lipinski definition) is 3. The number of aromatic hydroxyl groups is 1. The van der Waals surface area contributed by atoms with E-state index >= 15 is 0 Å². The monoisotopic (exact) mass is 282 g/mol. The van der Waals surface area contributed by atoms with Crippen LogP contribution in [0.15, 0.2) is 18.2 Å². The molecule has 0 aliphatic rings. The van der Waals surface area contributed by atoms with Gasteiger partial charge in [-0.15, -0.1) is 0 Å². The molecule has 0 spiro atoms. The Balaban J connectivity index is 2.77. The number of halogens is 1. The fourth-order valence-electron chi connectivity index (χ4n) is 1.83. The maximum Gasteiger partial charge on any atom is 0.254 e. The van der Waals surface area contributed by atoms with Crippen LogP contribution in [-0.4, -0.2) is 41.0 Å². The van der Waals surface area contributed by atoms with E-state index in [1.807, 2.05) is 13.8 Å². The summed E-state index contributed by atoms with van der Waals surface area (Å²) in [6, 6.07) is 2.51. The minimum atomic E-state index is -0.829. The average Bonchev–Trinajstić information content (AvgIpc) is 2.39. The zero-order valence-corrected chi connectivity index (χ0v) is 11.8. The van der Waals surface area contributed by atoms with Crippen LogP contribution in [0.2, 0.25) is 0 Å². The van der Waals surface area contributed by atoms with E-state index in [1.165, 1.54) is 12.1 Å². The Bertz CT molecular complexity index is 501. The number of likely N-dealkylation sites (N-methyl/N-ethyl adjacent to an activating group) is 1. The first-order valence-electron chi connectivity index (χ1n) is 6.48. The summed E-state index contributed by atoms with van der Waals surface area (Å²) >= 11 is 0. The second-order valence-electron chi connectivity index (χ2n) is 4.37. The predicted molar refractivity (Wildman–Crippen MR) is 72.9 cm³/mol. The Morgan fingerprint density at radius 3 is 2.45 bits per heavy atom. The molecule has 5 nitrogen and oxygen atoms in total. The zero-order valence-electron chi connectivity index (χ0n) is 11.8. The molecular weight excluding hydrogens is 263 g/mol. The molecule has 0 aliphatic carbocycles. The summed E-state index contributed by atoms with van der Waals surface area (Å²) in [6.45, 7) is 6.33. The highest BCUT2D eigenvalue weighted by atomic mass is 19.1. The molecule has 0 aromatic heterocycles. The molecule has 0 radical (unpaired) electrons. The van der Waals surface area contributed by atoms with Crippen molar-refractivity contribution in [2.75, 3.05) is 13.1 Å². The van der Waals surface area contributed by atoms with Gasteiger partial charge in [0, 0.05) is 19.2 Å². The summed E-state index contributed by atoms with van der Waals surface area (Å²) < 4.78 is 13.5. The smallest absolute Gasteiger partial charge is 0.254 e. The van der Waals surface area contributed by atoms with Crippen LogP contribution in [0.4, 0.5) is 4.39 Å². The van der Waals surface area contributed by atoms with Gasteiger partial charge in [-0.3, -0.25) is 9.59 Å². The molecule has 110 valence electrons. The molecule has 0 saturated carbocycles. The third kappa shape index (κ3) is 3.69. The third-order valence-corrected chi connectivity index (χ3v) is 2.99. The van der Waals surface area contributed by atoms with Crippen molar-refractivity contribution in [2.45, 2.75) is 26.8 Å². The SMILES string of the molecule is CCN(CC)C(=O)C(C)NC(=O)c1ccc(O)cc1F. The molecule has 20 heavy (non-hydrogen) atoms. The molecule has 1 unspecified atom stereocenters.